The second kappa shape index (κ2) is 3.90. The van der Waals surface area contributed by atoms with Crippen LogP contribution < -0.4 is 0 Å². The fourth-order valence-corrected chi connectivity index (χ4v) is 1.42. The molecule has 0 atom stereocenters. The molecule has 0 aliphatic rings. The van der Waals surface area contributed by atoms with Crippen LogP contribution in [0.1, 0.15) is 0 Å². The van der Waals surface area contributed by atoms with Crippen molar-refractivity contribution in [2.75, 3.05) is 0 Å². The molecule has 0 N–H and O–H groups in total. The van der Waals surface area contributed by atoms with Crippen LogP contribution >= 0.6 is 11.6 Å². The van der Waals surface area contributed by atoms with Crippen LogP contribution in [0.4, 0.5) is 8.78 Å². The zero-order valence-corrected chi connectivity index (χ0v) is 8.17. The van der Waals surface area contributed by atoms with E-state index in [9.17, 15) is 8.78 Å². The SMILES string of the molecule is Fc1cc(F)cc(-c2cncnc2Cl)c1. The molecule has 0 saturated heterocycles. The number of hydrogen-bond acceptors (Lipinski definition) is 2. The first-order valence-corrected chi connectivity index (χ1v) is 4.46. The Bertz CT molecular complexity index is 482. The van der Waals surface area contributed by atoms with Gasteiger partial charge in [-0.25, -0.2) is 18.7 Å². The van der Waals surface area contributed by atoms with Crippen molar-refractivity contribution in [2.45, 2.75) is 0 Å². The van der Waals surface area contributed by atoms with Gasteiger partial charge in [0.05, 0.1) is 0 Å². The van der Waals surface area contributed by atoms with Crippen molar-refractivity contribution in [3.63, 3.8) is 0 Å². The third-order valence-electron chi connectivity index (χ3n) is 1.84. The minimum Gasteiger partial charge on any atom is -0.244 e. The van der Waals surface area contributed by atoms with E-state index >= 15 is 0 Å². The summed E-state index contributed by atoms with van der Waals surface area (Å²) in [6.45, 7) is 0. The Balaban J connectivity index is 2.59. The van der Waals surface area contributed by atoms with Gasteiger partial charge < -0.3 is 0 Å². The average molecular weight is 227 g/mol. The standard InChI is InChI=1S/C10H5ClF2N2/c11-10-9(4-14-5-15-10)6-1-7(12)3-8(13)2-6/h1-5H. The predicted molar refractivity (Wildman–Crippen MR) is 52.4 cm³/mol. The Morgan fingerprint density at radius 1 is 1.07 bits per heavy atom. The van der Waals surface area contributed by atoms with Gasteiger partial charge in [0.15, 0.2) is 0 Å². The fourth-order valence-electron chi connectivity index (χ4n) is 1.22. The van der Waals surface area contributed by atoms with Crippen LogP contribution in [-0.4, -0.2) is 9.97 Å². The molecule has 0 unspecified atom stereocenters. The van der Waals surface area contributed by atoms with Crippen molar-refractivity contribution in [3.8, 4) is 11.1 Å². The van der Waals surface area contributed by atoms with Crippen LogP contribution in [0.5, 0.6) is 0 Å². The van der Waals surface area contributed by atoms with Crippen LogP contribution in [-0.2, 0) is 0 Å². The van der Waals surface area contributed by atoms with Gasteiger partial charge in [0, 0.05) is 17.8 Å². The topological polar surface area (TPSA) is 25.8 Å². The van der Waals surface area contributed by atoms with Crippen molar-refractivity contribution in [1.29, 1.82) is 0 Å². The Morgan fingerprint density at radius 2 is 1.73 bits per heavy atom. The first-order valence-electron chi connectivity index (χ1n) is 4.09. The van der Waals surface area contributed by atoms with Crippen molar-refractivity contribution in [1.82, 2.24) is 9.97 Å². The monoisotopic (exact) mass is 226 g/mol. The number of rotatable bonds is 1. The van der Waals surface area contributed by atoms with Gasteiger partial charge in [-0.3, -0.25) is 0 Å². The Labute approximate surface area is 89.6 Å². The van der Waals surface area contributed by atoms with Crippen LogP contribution in [0.2, 0.25) is 5.15 Å². The van der Waals surface area contributed by atoms with Crippen LogP contribution in [0.25, 0.3) is 11.1 Å². The summed E-state index contributed by atoms with van der Waals surface area (Å²) in [4.78, 5) is 7.47. The maximum absolute atomic E-state index is 12.9. The third-order valence-corrected chi connectivity index (χ3v) is 2.14. The van der Waals surface area contributed by atoms with E-state index in [4.69, 9.17) is 11.6 Å². The lowest BCUT2D eigenvalue weighted by Gasteiger charge is -2.02. The zero-order chi connectivity index (χ0) is 10.8. The molecule has 1 aromatic carbocycles. The molecular weight excluding hydrogens is 222 g/mol. The highest BCUT2D eigenvalue weighted by molar-refractivity contribution is 6.32. The number of benzene rings is 1. The first kappa shape index (κ1) is 9.98. The Hall–Kier alpha value is -1.55. The molecule has 2 rings (SSSR count). The van der Waals surface area contributed by atoms with Crippen molar-refractivity contribution >= 4 is 11.6 Å². The minimum atomic E-state index is -0.662. The predicted octanol–water partition coefficient (Wildman–Crippen LogP) is 3.08. The molecule has 5 heteroatoms. The average Bonchev–Trinajstić information content (AvgIpc) is 2.16. The molecule has 0 amide bonds. The maximum atomic E-state index is 12.9. The normalized spacial score (nSPS) is 10.3. The van der Waals surface area contributed by atoms with E-state index in [1.54, 1.807) is 0 Å². The zero-order valence-electron chi connectivity index (χ0n) is 7.42. The van der Waals surface area contributed by atoms with Gasteiger partial charge >= 0.3 is 0 Å². The van der Waals surface area contributed by atoms with Gasteiger partial charge in [-0.05, 0) is 17.7 Å². The van der Waals surface area contributed by atoms with E-state index in [1.165, 1.54) is 24.7 Å². The second-order valence-electron chi connectivity index (χ2n) is 2.89. The lowest BCUT2D eigenvalue weighted by Crippen LogP contribution is -1.88. The number of nitrogens with zero attached hydrogens (tertiary/aromatic N) is 2. The van der Waals surface area contributed by atoms with Gasteiger partial charge in [-0.15, -0.1) is 0 Å². The molecule has 1 aromatic heterocycles. The van der Waals surface area contributed by atoms with E-state index in [0.29, 0.717) is 11.1 Å². The molecule has 15 heavy (non-hydrogen) atoms. The fraction of sp³-hybridized carbons (Fsp3) is 0. The van der Waals surface area contributed by atoms with E-state index in [-0.39, 0.29) is 5.15 Å². The summed E-state index contributed by atoms with van der Waals surface area (Å²) in [5.41, 5.74) is 0.718. The summed E-state index contributed by atoms with van der Waals surface area (Å²) < 4.78 is 25.8. The van der Waals surface area contributed by atoms with Crippen molar-refractivity contribution < 1.29 is 8.78 Å². The minimum absolute atomic E-state index is 0.162. The summed E-state index contributed by atoms with van der Waals surface area (Å²) in [5.74, 6) is -1.32. The molecule has 0 bridgehead atoms. The number of halogens is 3. The smallest absolute Gasteiger partial charge is 0.140 e. The molecule has 1 heterocycles. The van der Waals surface area contributed by atoms with Crippen molar-refractivity contribution in [3.05, 3.63) is 47.5 Å². The van der Waals surface area contributed by atoms with Crippen LogP contribution in [0.15, 0.2) is 30.7 Å². The number of hydrogen-bond donors (Lipinski definition) is 0. The molecule has 76 valence electrons. The van der Waals surface area contributed by atoms with E-state index in [2.05, 4.69) is 9.97 Å². The van der Waals surface area contributed by atoms with Gasteiger partial charge in [0.25, 0.3) is 0 Å². The van der Waals surface area contributed by atoms with Crippen molar-refractivity contribution in [2.24, 2.45) is 0 Å². The number of aromatic nitrogens is 2. The highest BCUT2D eigenvalue weighted by Gasteiger charge is 2.07. The van der Waals surface area contributed by atoms with Crippen LogP contribution in [0.3, 0.4) is 0 Å². The van der Waals surface area contributed by atoms with Crippen LogP contribution in [0, 0.1) is 11.6 Å². The summed E-state index contributed by atoms with van der Waals surface area (Å²) >= 11 is 5.77. The van der Waals surface area contributed by atoms with E-state index in [1.807, 2.05) is 0 Å². The molecular formula is C10H5ClF2N2. The molecule has 0 spiro atoms. The maximum Gasteiger partial charge on any atom is 0.140 e. The van der Waals surface area contributed by atoms with Gasteiger partial charge in [0.1, 0.15) is 23.1 Å². The first-order chi connectivity index (χ1) is 7.16. The quantitative estimate of drug-likeness (QED) is 0.699. The highest BCUT2D eigenvalue weighted by Crippen LogP contribution is 2.26. The molecule has 2 nitrogen and oxygen atoms in total. The van der Waals surface area contributed by atoms with E-state index in [0.717, 1.165) is 6.07 Å². The van der Waals surface area contributed by atoms with Gasteiger partial charge in [-0.2, -0.15) is 0 Å². The van der Waals surface area contributed by atoms with Gasteiger partial charge in [-0.1, -0.05) is 11.6 Å². The largest absolute Gasteiger partial charge is 0.244 e. The molecule has 0 saturated carbocycles. The molecule has 0 radical (unpaired) electrons. The third kappa shape index (κ3) is 2.10. The summed E-state index contributed by atoms with van der Waals surface area (Å²) in [5, 5.41) is 0.162. The second-order valence-corrected chi connectivity index (χ2v) is 3.24. The Kier molecular flexibility index (Phi) is 2.60. The molecule has 0 fully saturated rings. The molecule has 0 aliphatic carbocycles. The molecule has 0 aliphatic heterocycles. The lowest BCUT2D eigenvalue weighted by atomic mass is 10.1. The summed E-state index contributed by atoms with van der Waals surface area (Å²) in [7, 11) is 0. The summed E-state index contributed by atoms with van der Waals surface area (Å²) in [6.07, 6.45) is 2.67. The highest BCUT2D eigenvalue weighted by atomic mass is 35.5. The molecule has 2 aromatic rings. The van der Waals surface area contributed by atoms with E-state index < -0.39 is 11.6 Å². The lowest BCUT2D eigenvalue weighted by molar-refractivity contribution is 0.584. The Morgan fingerprint density at radius 3 is 2.33 bits per heavy atom. The summed E-state index contributed by atoms with van der Waals surface area (Å²) in [6, 6.07) is 3.14. The van der Waals surface area contributed by atoms with Gasteiger partial charge in [0.2, 0.25) is 0 Å².